The molecule has 1 aliphatic rings. The van der Waals surface area contributed by atoms with Gasteiger partial charge in [-0.15, -0.1) is 0 Å². The number of piperidine rings is 1. The molecule has 0 saturated carbocycles. The second kappa shape index (κ2) is 6.16. The Morgan fingerprint density at radius 2 is 2.00 bits per heavy atom. The van der Waals surface area contributed by atoms with Gasteiger partial charge < -0.3 is 4.90 Å². The highest BCUT2D eigenvalue weighted by Gasteiger charge is 2.25. The van der Waals surface area contributed by atoms with Crippen molar-refractivity contribution in [2.45, 2.75) is 23.8 Å². The summed E-state index contributed by atoms with van der Waals surface area (Å²) in [6.45, 7) is 1.33. The van der Waals surface area contributed by atoms with Crippen LogP contribution in [0.4, 0.5) is 0 Å². The highest BCUT2D eigenvalue weighted by molar-refractivity contribution is 7.90. The quantitative estimate of drug-likeness (QED) is 0.858. The van der Waals surface area contributed by atoms with E-state index in [-0.39, 0.29) is 16.8 Å². The Kier molecular flexibility index (Phi) is 4.21. The van der Waals surface area contributed by atoms with Gasteiger partial charge >= 0.3 is 0 Å². The van der Waals surface area contributed by atoms with Gasteiger partial charge in [0.1, 0.15) is 0 Å². The van der Waals surface area contributed by atoms with Crippen molar-refractivity contribution in [2.75, 3.05) is 19.3 Å². The average molecular weight is 333 g/mol. The minimum atomic E-state index is -3.25. The first kappa shape index (κ1) is 15.7. The molecule has 2 heterocycles. The Morgan fingerprint density at radius 1 is 1.26 bits per heavy atom. The zero-order chi connectivity index (χ0) is 16.4. The van der Waals surface area contributed by atoms with E-state index in [4.69, 9.17) is 0 Å². The molecule has 1 saturated heterocycles. The summed E-state index contributed by atoms with van der Waals surface area (Å²) in [4.78, 5) is 14.7. The lowest BCUT2D eigenvalue weighted by Gasteiger charge is -2.33. The molecule has 1 atom stereocenters. The molecule has 1 aliphatic heterocycles. The second-order valence-corrected chi connectivity index (χ2v) is 7.85. The predicted molar refractivity (Wildman–Crippen MR) is 86.0 cm³/mol. The van der Waals surface area contributed by atoms with Crippen LogP contribution in [0.1, 0.15) is 29.2 Å². The Labute approximate surface area is 135 Å². The molecule has 7 heteroatoms. The molecule has 0 spiro atoms. The van der Waals surface area contributed by atoms with Crippen molar-refractivity contribution in [1.82, 2.24) is 14.7 Å². The van der Waals surface area contributed by atoms with E-state index in [0.717, 1.165) is 19.1 Å². The molecule has 1 unspecified atom stereocenters. The van der Waals surface area contributed by atoms with E-state index in [9.17, 15) is 13.2 Å². The van der Waals surface area contributed by atoms with Gasteiger partial charge in [0.25, 0.3) is 5.91 Å². The summed E-state index contributed by atoms with van der Waals surface area (Å²) in [5.74, 6) is -0.0677. The predicted octanol–water partition coefficient (Wildman–Crippen LogP) is 1.76. The van der Waals surface area contributed by atoms with Gasteiger partial charge in [-0.05, 0) is 43.2 Å². The van der Waals surface area contributed by atoms with Gasteiger partial charge in [0.15, 0.2) is 9.84 Å². The van der Waals surface area contributed by atoms with Crippen LogP contribution < -0.4 is 0 Å². The van der Waals surface area contributed by atoms with Crippen LogP contribution in [0.3, 0.4) is 0 Å². The Morgan fingerprint density at radius 3 is 2.61 bits per heavy atom. The van der Waals surface area contributed by atoms with Crippen molar-refractivity contribution in [3.63, 3.8) is 0 Å². The molecule has 6 nitrogen and oxygen atoms in total. The van der Waals surface area contributed by atoms with Crippen LogP contribution >= 0.6 is 0 Å². The van der Waals surface area contributed by atoms with Crippen LogP contribution in [-0.2, 0) is 9.84 Å². The van der Waals surface area contributed by atoms with Gasteiger partial charge in [-0.25, -0.2) is 8.42 Å². The zero-order valence-electron chi connectivity index (χ0n) is 12.9. The molecule has 0 aliphatic carbocycles. The first-order valence-electron chi connectivity index (χ1n) is 7.54. The minimum Gasteiger partial charge on any atom is -0.337 e. The van der Waals surface area contributed by atoms with E-state index in [1.807, 2.05) is 21.8 Å². The molecule has 3 rings (SSSR count). The van der Waals surface area contributed by atoms with Gasteiger partial charge in [-0.3, -0.25) is 9.48 Å². The molecule has 1 fully saturated rings. The van der Waals surface area contributed by atoms with Crippen molar-refractivity contribution in [2.24, 2.45) is 0 Å². The number of hydrogen-bond acceptors (Lipinski definition) is 4. The maximum atomic E-state index is 12.6. The van der Waals surface area contributed by atoms with E-state index in [0.29, 0.717) is 18.7 Å². The number of sulfone groups is 1. The number of carbonyl (C=O) groups excluding carboxylic acids is 1. The topological polar surface area (TPSA) is 72.3 Å². The van der Waals surface area contributed by atoms with E-state index >= 15 is 0 Å². The summed E-state index contributed by atoms with van der Waals surface area (Å²) in [6.07, 6.45) is 6.74. The zero-order valence-corrected chi connectivity index (χ0v) is 13.7. The number of likely N-dealkylation sites (tertiary alicyclic amines) is 1. The van der Waals surface area contributed by atoms with Crippen LogP contribution in [-0.4, -0.2) is 48.4 Å². The Bertz CT molecular complexity index is 782. The first-order chi connectivity index (χ1) is 10.9. The highest BCUT2D eigenvalue weighted by Crippen LogP contribution is 2.22. The molecule has 1 aromatic heterocycles. The molecule has 2 aromatic rings. The fourth-order valence-electron chi connectivity index (χ4n) is 2.88. The molecular formula is C16H19N3O3S. The number of amides is 1. The molecule has 1 aromatic carbocycles. The van der Waals surface area contributed by atoms with Crippen molar-refractivity contribution in [3.8, 4) is 0 Å². The maximum Gasteiger partial charge on any atom is 0.253 e. The summed E-state index contributed by atoms with van der Waals surface area (Å²) in [7, 11) is -3.25. The normalized spacial score (nSPS) is 18.8. The van der Waals surface area contributed by atoms with E-state index in [1.54, 1.807) is 18.3 Å². The molecule has 0 radical (unpaired) electrons. The average Bonchev–Trinajstić information content (AvgIpc) is 3.08. The van der Waals surface area contributed by atoms with Gasteiger partial charge in [-0.2, -0.15) is 5.10 Å². The van der Waals surface area contributed by atoms with Crippen LogP contribution in [0.5, 0.6) is 0 Å². The van der Waals surface area contributed by atoms with E-state index in [1.165, 1.54) is 12.1 Å². The Balaban J connectivity index is 1.75. The largest absolute Gasteiger partial charge is 0.337 e. The van der Waals surface area contributed by atoms with E-state index in [2.05, 4.69) is 5.10 Å². The van der Waals surface area contributed by atoms with Crippen molar-refractivity contribution >= 4 is 15.7 Å². The Hall–Kier alpha value is -2.15. The summed E-state index contributed by atoms with van der Waals surface area (Å²) >= 11 is 0. The minimum absolute atomic E-state index is 0.0677. The molecule has 1 amide bonds. The van der Waals surface area contributed by atoms with Gasteiger partial charge in [-0.1, -0.05) is 0 Å². The van der Waals surface area contributed by atoms with Crippen LogP contribution in [0.25, 0.3) is 0 Å². The molecule has 0 N–H and O–H groups in total. The second-order valence-electron chi connectivity index (χ2n) is 5.83. The monoisotopic (exact) mass is 333 g/mol. The number of benzene rings is 1. The highest BCUT2D eigenvalue weighted by atomic mass is 32.2. The third-order valence-electron chi connectivity index (χ3n) is 4.11. The van der Waals surface area contributed by atoms with Gasteiger partial charge in [0, 0.05) is 37.3 Å². The van der Waals surface area contributed by atoms with Crippen LogP contribution in [0, 0.1) is 0 Å². The summed E-state index contributed by atoms with van der Waals surface area (Å²) < 4.78 is 24.9. The van der Waals surface area contributed by atoms with Crippen molar-refractivity contribution in [1.29, 1.82) is 0 Å². The van der Waals surface area contributed by atoms with Crippen LogP contribution in [0.2, 0.25) is 0 Å². The lowest BCUT2D eigenvalue weighted by Crippen LogP contribution is -2.40. The lowest BCUT2D eigenvalue weighted by molar-refractivity contribution is 0.0673. The molecule has 23 heavy (non-hydrogen) atoms. The maximum absolute atomic E-state index is 12.6. The lowest BCUT2D eigenvalue weighted by atomic mass is 10.0. The van der Waals surface area contributed by atoms with Crippen molar-refractivity contribution in [3.05, 3.63) is 48.3 Å². The number of aromatic nitrogens is 2. The number of rotatable bonds is 3. The summed E-state index contributed by atoms with van der Waals surface area (Å²) in [5, 5.41) is 4.26. The smallest absolute Gasteiger partial charge is 0.253 e. The number of nitrogens with zero attached hydrogens (tertiary/aromatic N) is 3. The van der Waals surface area contributed by atoms with Gasteiger partial charge in [0.05, 0.1) is 10.9 Å². The SMILES string of the molecule is CS(=O)(=O)c1ccc(C(=O)N2CCCC(n3cccn3)C2)cc1. The summed E-state index contributed by atoms with van der Waals surface area (Å²) in [6, 6.07) is 8.20. The first-order valence-corrected chi connectivity index (χ1v) is 9.43. The third kappa shape index (κ3) is 3.44. The number of carbonyl (C=O) groups is 1. The fraction of sp³-hybridized carbons (Fsp3) is 0.375. The number of hydrogen-bond donors (Lipinski definition) is 0. The standard InChI is InChI=1S/C16H19N3O3S/c1-23(21,22)15-7-5-13(6-8-15)16(20)18-10-2-4-14(12-18)19-11-3-9-17-19/h3,5-9,11,14H,2,4,10,12H2,1H3. The van der Waals surface area contributed by atoms with Gasteiger partial charge in [0.2, 0.25) is 0 Å². The molecular weight excluding hydrogens is 314 g/mol. The third-order valence-corrected chi connectivity index (χ3v) is 5.24. The molecule has 0 bridgehead atoms. The fourth-order valence-corrected chi connectivity index (χ4v) is 3.51. The van der Waals surface area contributed by atoms with Crippen LogP contribution in [0.15, 0.2) is 47.6 Å². The van der Waals surface area contributed by atoms with E-state index < -0.39 is 9.84 Å². The molecule has 122 valence electrons. The van der Waals surface area contributed by atoms with Crippen molar-refractivity contribution < 1.29 is 13.2 Å². The summed E-state index contributed by atoms with van der Waals surface area (Å²) in [5.41, 5.74) is 0.513.